The summed E-state index contributed by atoms with van der Waals surface area (Å²) < 4.78 is 2.85. The maximum Gasteiger partial charge on any atom is 0.143 e. The van der Waals surface area contributed by atoms with Crippen LogP contribution in [0.5, 0.6) is 0 Å². The SMILES string of the molecule is Cc1nn(CC(C)C)c(Cl)c1C1CCCN1c1ncnc2[nH]c(Br)cc12. The van der Waals surface area contributed by atoms with Gasteiger partial charge in [0.15, 0.2) is 0 Å². The van der Waals surface area contributed by atoms with Crippen LogP contribution in [0.4, 0.5) is 5.82 Å². The zero-order valence-electron chi connectivity index (χ0n) is 15.1. The molecule has 1 aliphatic rings. The van der Waals surface area contributed by atoms with Crippen molar-refractivity contribution in [2.45, 2.75) is 46.2 Å². The molecular weight excluding hydrogens is 416 g/mol. The van der Waals surface area contributed by atoms with Crippen LogP contribution in [0.1, 0.15) is 44.0 Å². The molecule has 1 saturated heterocycles. The summed E-state index contributed by atoms with van der Waals surface area (Å²) in [7, 11) is 0. The second-order valence-electron chi connectivity index (χ2n) is 7.29. The van der Waals surface area contributed by atoms with E-state index in [0.717, 1.165) is 63.8 Å². The van der Waals surface area contributed by atoms with Gasteiger partial charge in [-0.15, -0.1) is 0 Å². The van der Waals surface area contributed by atoms with E-state index in [4.69, 9.17) is 16.7 Å². The van der Waals surface area contributed by atoms with Crippen molar-refractivity contribution in [2.75, 3.05) is 11.4 Å². The van der Waals surface area contributed by atoms with Gasteiger partial charge in [0, 0.05) is 18.7 Å². The number of nitrogens with zero attached hydrogens (tertiary/aromatic N) is 5. The average molecular weight is 438 g/mol. The Bertz CT molecular complexity index is 947. The standard InChI is InChI=1S/C18H22BrClN6/c1-10(2)8-26-16(20)15(11(3)24-26)13-5-4-6-25(13)18-12-7-14(19)23-17(12)21-9-22-18/h7,9-10,13H,4-6,8H2,1-3H3,(H,21,22,23). The van der Waals surface area contributed by atoms with E-state index in [2.05, 4.69) is 56.6 Å². The molecule has 3 aromatic rings. The van der Waals surface area contributed by atoms with Crippen LogP contribution in [0.25, 0.3) is 11.0 Å². The Morgan fingerprint density at radius 3 is 2.96 bits per heavy atom. The zero-order valence-corrected chi connectivity index (χ0v) is 17.5. The van der Waals surface area contributed by atoms with Gasteiger partial charge in [-0.3, -0.25) is 4.68 Å². The smallest absolute Gasteiger partial charge is 0.143 e. The van der Waals surface area contributed by atoms with Crippen LogP contribution >= 0.6 is 27.5 Å². The van der Waals surface area contributed by atoms with E-state index in [1.54, 1.807) is 6.33 Å². The van der Waals surface area contributed by atoms with E-state index >= 15 is 0 Å². The van der Waals surface area contributed by atoms with Gasteiger partial charge < -0.3 is 9.88 Å². The zero-order chi connectivity index (χ0) is 18.4. The van der Waals surface area contributed by atoms with Crippen molar-refractivity contribution >= 4 is 44.4 Å². The Morgan fingerprint density at radius 2 is 2.19 bits per heavy atom. The second-order valence-corrected chi connectivity index (χ2v) is 8.51. The first-order valence-corrected chi connectivity index (χ1v) is 10.1. The van der Waals surface area contributed by atoms with Gasteiger partial charge >= 0.3 is 0 Å². The van der Waals surface area contributed by atoms with Gasteiger partial charge in [0.1, 0.15) is 22.9 Å². The maximum atomic E-state index is 6.76. The van der Waals surface area contributed by atoms with Crippen molar-refractivity contribution in [3.05, 3.63) is 33.4 Å². The summed E-state index contributed by atoms with van der Waals surface area (Å²) >= 11 is 10.3. The van der Waals surface area contributed by atoms with Crippen LogP contribution in [0.3, 0.4) is 0 Å². The minimum atomic E-state index is 0.190. The van der Waals surface area contributed by atoms with Crippen molar-refractivity contribution in [3.8, 4) is 0 Å². The minimum Gasteiger partial charge on any atom is -0.349 e. The van der Waals surface area contributed by atoms with Gasteiger partial charge in [-0.05, 0) is 47.7 Å². The predicted molar refractivity (Wildman–Crippen MR) is 108 cm³/mol. The topological polar surface area (TPSA) is 62.6 Å². The molecule has 6 nitrogen and oxygen atoms in total. The summed E-state index contributed by atoms with van der Waals surface area (Å²) in [5.41, 5.74) is 2.98. The van der Waals surface area contributed by atoms with Crippen LogP contribution in [0.2, 0.25) is 5.15 Å². The number of rotatable bonds is 4. The van der Waals surface area contributed by atoms with Crippen molar-refractivity contribution in [1.29, 1.82) is 0 Å². The first kappa shape index (κ1) is 17.8. The highest BCUT2D eigenvalue weighted by atomic mass is 79.9. The van der Waals surface area contributed by atoms with Gasteiger partial charge in [0.2, 0.25) is 0 Å². The molecule has 138 valence electrons. The molecule has 0 spiro atoms. The number of anilines is 1. The van der Waals surface area contributed by atoms with Crippen molar-refractivity contribution in [2.24, 2.45) is 5.92 Å². The molecule has 1 N–H and O–H groups in total. The van der Waals surface area contributed by atoms with Gasteiger partial charge in [0.25, 0.3) is 0 Å². The lowest BCUT2D eigenvalue weighted by Crippen LogP contribution is -2.24. The highest BCUT2D eigenvalue weighted by molar-refractivity contribution is 9.10. The Labute approximate surface area is 166 Å². The molecule has 0 aromatic carbocycles. The quantitative estimate of drug-likeness (QED) is 0.632. The predicted octanol–water partition coefficient (Wildman–Crippen LogP) is 4.88. The third-order valence-corrected chi connectivity index (χ3v) is 5.70. The van der Waals surface area contributed by atoms with Crippen LogP contribution < -0.4 is 4.90 Å². The third-order valence-electron chi connectivity index (χ3n) is 4.88. The van der Waals surface area contributed by atoms with Gasteiger partial charge in [0.05, 0.1) is 21.7 Å². The van der Waals surface area contributed by atoms with Crippen LogP contribution in [0, 0.1) is 12.8 Å². The summed E-state index contributed by atoms with van der Waals surface area (Å²) in [6.07, 6.45) is 3.77. The Morgan fingerprint density at radius 1 is 1.38 bits per heavy atom. The molecule has 0 amide bonds. The second kappa shape index (κ2) is 6.85. The van der Waals surface area contributed by atoms with E-state index < -0.39 is 0 Å². The van der Waals surface area contributed by atoms with E-state index in [1.165, 1.54) is 0 Å². The average Bonchev–Trinajstić information content (AvgIpc) is 3.24. The molecule has 0 radical (unpaired) electrons. The molecule has 1 fully saturated rings. The van der Waals surface area contributed by atoms with Crippen LogP contribution in [-0.4, -0.2) is 31.3 Å². The number of aryl methyl sites for hydroxylation is 1. The third kappa shape index (κ3) is 3.01. The number of hydrogen-bond acceptors (Lipinski definition) is 4. The van der Waals surface area contributed by atoms with Gasteiger partial charge in [-0.25, -0.2) is 9.97 Å². The van der Waals surface area contributed by atoms with Crippen molar-refractivity contribution < 1.29 is 0 Å². The fourth-order valence-electron chi connectivity index (χ4n) is 3.86. The minimum absolute atomic E-state index is 0.190. The summed E-state index contributed by atoms with van der Waals surface area (Å²) in [6.45, 7) is 8.18. The lowest BCUT2D eigenvalue weighted by Gasteiger charge is -2.26. The molecule has 1 atom stereocenters. The molecule has 4 heterocycles. The highest BCUT2D eigenvalue weighted by Crippen LogP contribution is 2.41. The largest absolute Gasteiger partial charge is 0.349 e. The first-order chi connectivity index (χ1) is 12.5. The summed E-state index contributed by atoms with van der Waals surface area (Å²) in [6, 6.07) is 2.23. The number of aromatic nitrogens is 5. The Kier molecular flexibility index (Phi) is 4.69. The summed E-state index contributed by atoms with van der Waals surface area (Å²) in [5.74, 6) is 1.45. The molecule has 0 aliphatic carbocycles. The molecule has 26 heavy (non-hydrogen) atoms. The van der Waals surface area contributed by atoms with Gasteiger partial charge in [-0.1, -0.05) is 25.4 Å². The lowest BCUT2D eigenvalue weighted by molar-refractivity contribution is 0.481. The van der Waals surface area contributed by atoms with Crippen molar-refractivity contribution in [3.63, 3.8) is 0 Å². The van der Waals surface area contributed by atoms with E-state index in [9.17, 15) is 0 Å². The Balaban J connectivity index is 1.77. The van der Waals surface area contributed by atoms with Crippen molar-refractivity contribution in [1.82, 2.24) is 24.7 Å². The molecule has 1 unspecified atom stereocenters. The van der Waals surface area contributed by atoms with Crippen LogP contribution in [0.15, 0.2) is 17.0 Å². The number of halogens is 2. The first-order valence-electron chi connectivity index (χ1n) is 8.94. The normalized spacial score (nSPS) is 17.8. The molecule has 4 rings (SSSR count). The molecule has 3 aromatic heterocycles. The lowest BCUT2D eigenvalue weighted by atomic mass is 10.1. The summed E-state index contributed by atoms with van der Waals surface area (Å²) in [5, 5.41) is 6.48. The fourth-order valence-corrected chi connectivity index (χ4v) is 4.64. The number of aromatic amines is 1. The van der Waals surface area contributed by atoms with Crippen LogP contribution in [-0.2, 0) is 6.54 Å². The fraction of sp³-hybridized carbons (Fsp3) is 0.500. The molecule has 0 saturated carbocycles. The number of fused-ring (bicyclic) bond motifs is 1. The Hall–Kier alpha value is -1.60. The summed E-state index contributed by atoms with van der Waals surface area (Å²) in [4.78, 5) is 14.5. The van der Waals surface area contributed by atoms with E-state index in [-0.39, 0.29) is 6.04 Å². The highest BCUT2D eigenvalue weighted by Gasteiger charge is 2.33. The monoisotopic (exact) mass is 436 g/mol. The number of hydrogen-bond donors (Lipinski definition) is 1. The van der Waals surface area contributed by atoms with Gasteiger partial charge in [-0.2, -0.15) is 5.10 Å². The number of nitrogens with one attached hydrogen (secondary N) is 1. The molecule has 0 bridgehead atoms. The molecule has 8 heteroatoms. The molecular formula is C18H22BrClN6. The number of H-pyrrole nitrogens is 1. The maximum absolute atomic E-state index is 6.76. The van der Waals surface area contributed by atoms with E-state index in [1.807, 2.05) is 10.7 Å². The van der Waals surface area contributed by atoms with E-state index in [0.29, 0.717) is 5.92 Å². The molecule has 1 aliphatic heterocycles.